The maximum Gasteiger partial charge on any atom is 0.264 e. The van der Waals surface area contributed by atoms with Crippen LogP contribution in [0.25, 0.3) is 6.08 Å². The molecule has 4 nitrogen and oxygen atoms in total. The van der Waals surface area contributed by atoms with Gasteiger partial charge in [-0.15, -0.1) is 0 Å². The van der Waals surface area contributed by atoms with E-state index in [4.69, 9.17) is 0 Å². The SMILES string of the molecule is CCN1c2ccc(/C=C3\SC(=Nc4ccc(C)cc4C)NC3=O)cc2[C@@H](C)CC1(C)C. The number of hydrogen-bond donors (Lipinski definition) is 1. The molecule has 162 valence electrons. The molecule has 5 heteroatoms. The van der Waals surface area contributed by atoms with Crippen molar-refractivity contribution >= 4 is 40.3 Å². The zero-order valence-corrected chi connectivity index (χ0v) is 20.1. The summed E-state index contributed by atoms with van der Waals surface area (Å²) in [6, 6.07) is 12.7. The van der Waals surface area contributed by atoms with Gasteiger partial charge in [0.1, 0.15) is 0 Å². The molecule has 2 aromatic rings. The Morgan fingerprint density at radius 3 is 2.71 bits per heavy atom. The van der Waals surface area contributed by atoms with E-state index in [-0.39, 0.29) is 11.4 Å². The lowest BCUT2D eigenvalue weighted by Gasteiger charge is -2.47. The number of aliphatic imine (C=N–C) groups is 1. The van der Waals surface area contributed by atoms with Gasteiger partial charge in [0.2, 0.25) is 0 Å². The monoisotopic (exact) mass is 433 g/mol. The third kappa shape index (κ3) is 4.29. The van der Waals surface area contributed by atoms with E-state index in [1.54, 1.807) is 0 Å². The zero-order valence-electron chi connectivity index (χ0n) is 19.2. The Hall–Kier alpha value is -2.53. The molecule has 2 aromatic carbocycles. The molecule has 1 amide bonds. The Labute approximate surface area is 189 Å². The van der Waals surface area contributed by atoms with Gasteiger partial charge in [0.25, 0.3) is 5.91 Å². The quantitative estimate of drug-likeness (QED) is 0.577. The molecule has 1 N–H and O–H groups in total. The molecule has 2 aliphatic heterocycles. The molecule has 0 radical (unpaired) electrons. The molecular formula is C26H31N3OS. The molecule has 0 spiro atoms. The first kappa shape index (κ1) is 21.7. The Bertz CT molecular complexity index is 1100. The first-order valence-electron chi connectivity index (χ1n) is 11.0. The third-order valence-electron chi connectivity index (χ3n) is 6.25. The van der Waals surface area contributed by atoms with Crippen LogP contribution in [0.5, 0.6) is 0 Å². The van der Waals surface area contributed by atoms with E-state index in [2.05, 4.69) is 74.1 Å². The number of thioether (sulfide) groups is 1. The van der Waals surface area contributed by atoms with E-state index in [0.717, 1.165) is 29.8 Å². The van der Waals surface area contributed by atoms with E-state index >= 15 is 0 Å². The smallest absolute Gasteiger partial charge is 0.264 e. The molecule has 2 aliphatic rings. The zero-order chi connectivity index (χ0) is 22.3. The average molecular weight is 434 g/mol. The second-order valence-electron chi connectivity index (χ2n) is 9.25. The molecule has 1 saturated heterocycles. The number of amides is 1. The fourth-order valence-electron chi connectivity index (χ4n) is 4.87. The number of carbonyl (C=O) groups is 1. The number of nitrogens with zero attached hydrogens (tertiary/aromatic N) is 2. The van der Waals surface area contributed by atoms with Crippen molar-refractivity contribution in [3.05, 3.63) is 63.6 Å². The first-order chi connectivity index (χ1) is 14.7. The largest absolute Gasteiger partial charge is 0.366 e. The molecule has 2 heterocycles. The van der Waals surface area contributed by atoms with E-state index < -0.39 is 0 Å². The minimum absolute atomic E-state index is 0.0874. The summed E-state index contributed by atoms with van der Waals surface area (Å²) >= 11 is 1.40. The predicted molar refractivity (Wildman–Crippen MR) is 133 cm³/mol. The Kier molecular flexibility index (Phi) is 5.73. The van der Waals surface area contributed by atoms with E-state index in [0.29, 0.717) is 16.0 Å². The molecule has 31 heavy (non-hydrogen) atoms. The fourth-order valence-corrected chi connectivity index (χ4v) is 5.70. The van der Waals surface area contributed by atoms with Gasteiger partial charge in [0, 0.05) is 17.8 Å². The minimum Gasteiger partial charge on any atom is -0.366 e. The maximum absolute atomic E-state index is 12.6. The van der Waals surface area contributed by atoms with E-state index in [1.807, 2.05) is 25.1 Å². The van der Waals surface area contributed by atoms with Gasteiger partial charge in [-0.2, -0.15) is 0 Å². The van der Waals surface area contributed by atoms with Crippen molar-refractivity contribution in [2.45, 2.75) is 59.4 Å². The number of hydrogen-bond acceptors (Lipinski definition) is 4. The second-order valence-corrected chi connectivity index (χ2v) is 10.3. The number of rotatable bonds is 3. The lowest BCUT2D eigenvalue weighted by molar-refractivity contribution is -0.115. The molecule has 0 aliphatic carbocycles. The number of benzene rings is 2. The summed E-state index contributed by atoms with van der Waals surface area (Å²) in [6.45, 7) is 14.3. The molecule has 1 fully saturated rings. The van der Waals surface area contributed by atoms with Crippen LogP contribution in [0.4, 0.5) is 11.4 Å². The lowest BCUT2D eigenvalue weighted by Crippen LogP contribution is -2.48. The number of anilines is 1. The maximum atomic E-state index is 12.6. The van der Waals surface area contributed by atoms with Gasteiger partial charge in [0.05, 0.1) is 10.6 Å². The van der Waals surface area contributed by atoms with Crippen LogP contribution < -0.4 is 10.2 Å². The molecule has 0 unspecified atom stereocenters. The van der Waals surface area contributed by atoms with Gasteiger partial charge in [-0.05, 0) is 99.7 Å². The Balaban J connectivity index is 1.62. The highest BCUT2D eigenvalue weighted by Gasteiger charge is 2.35. The summed E-state index contributed by atoms with van der Waals surface area (Å²) in [6.07, 6.45) is 3.10. The van der Waals surface area contributed by atoms with Gasteiger partial charge < -0.3 is 10.2 Å². The molecule has 0 bridgehead atoms. The summed E-state index contributed by atoms with van der Waals surface area (Å²) in [5, 5.41) is 3.54. The fraction of sp³-hybridized carbons (Fsp3) is 0.385. The van der Waals surface area contributed by atoms with Crippen molar-refractivity contribution in [1.82, 2.24) is 5.32 Å². The van der Waals surface area contributed by atoms with Crippen LogP contribution in [0.2, 0.25) is 0 Å². The van der Waals surface area contributed by atoms with Crippen molar-refractivity contribution in [3.8, 4) is 0 Å². The third-order valence-corrected chi connectivity index (χ3v) is 7.16. The molecule has 0 saturated carbocycles. The van der Waals surface area contributed by atoms with Gasteiger partial charge in [-0.1, -0.05) is 30.7 Å². The van der Waals surface area contributed by atoms with Crippen LogP contribution in [-0.4, -0.2) is 23.2 Å². The highest BCUT2D eigenvalue weighted by molar-refractivity contribution is 8.18. The van der Waals surface area contributed by atoms with Crippen molar-refractivity contribution in [2.24, 2.45) is 4.99 Å². The highest BCUT2D eigenvalue weighted by atomic mass is 32.2. The minimum atomic E-state index is -0.0874. The second kappa shape index (κ2) is 8.19. The van der Waals surface area contributed by atoms with Crippen LogP contribution in [-0.2, 0) is 4.79 Å². The van der Waals surface area contributed by atoms with Gasteiger partial charge >= 0.3 is 0 Å². The highest BCUT2D eigenvalue weighted by Crippen LogP contribution is 2.43. The lowest BCUT2D eigenvalue weighted by atomic mass is 9.79. The van der Waals surface area contributed by atoms with Crippen LogP contribution in [0, 0.1) is 13.8 Å². The summed E-state index contributed by atoms with van der Waals surface area (Å²) < 4.78 is 0. The molecule has 0 aromatic heterocycles. The number of carbonyl (C=O) groups excluding carboxylic acids is 1. The van der Waals surface area contributed by atoms with Crippen molar-refractivity contribution in [1.29, 1.82) is 0 Å². The van der Waals surface area contributed by atoms with Gasteiger partial charge in [-0.3, -0.25) is 4.79 Å². The first-order valence-corrected chi connectivity index (χ1v) is 11.8. The van der Waals surface area contributed by atoms with Crippen molar-refractivity contribution in [3.63, 3.8) is 0 Å². The summed E-state index contributed by atoms with van der Waals surface area (Å²) in [4.78, 5) is 20.4. The number of aryl methyl sites for hydroxylation is 2. The normalized spacial score (nSPS) is 22.7. The summed E-state index contributed by atoms with van der Waals surface area (Å²) in [7, 11) is 0. The van der Waals surface area contributed by atoms with Gasteiger partial charge in [-0.25, -0.2) is 4.99 Å². The topological polar surface area (TPSA) is 44.7 Å². The van der Waals surface area contributed by atoms with Crippen molar-refractivity contribution < 1.29 is 4.79 Å². The number of fused-ring (bicyclic) bond motifs is 1. The Morgan fingerprint density at radius 2 is 2.00 bits per heavy atom. The van der Waals surface area contributed by atoms with Crippen molar-refractivity contribution in [2.75, 3.05) is 11.4 Å². The summed E-state index contributed by atoms with van der Waals surface area (Å²) in [5.41, 5.74) is 7.09. The van der Waals surface area contributed by atoms with E-state index in [9.17, 15) is 4.79 Å². The number of nitrogens with one attached hydrogen (secondary N) is 1. The number of amidine groups is 1. The van der Waals surface area contributed by atoms with Crippen LogP contribution in [0.15, 0.2) is 46.3 Å². The summed E-state index contributed by atoms with van der Waals surface area (Å²) in [5.74, 6) is 0.397. The molecule has 1 atom stereocenters. The van der Waals surface area contributed by atoms with Crippen LogP contribution in [0.3, 0.4) is 0 Å². The van der Waals surface area contributed by atoms with Gasteiger partial charge in [0.15, 0.2) is 5.17 Å². The standard InChI is InChI=1S/C26H31N3OS/c1-7-29-22-11-9-19(13-20(22)18(4)15-26(29,5)6)14-23-24(30)28-25(31-23)27-21-10-8-16(2)12-17(21)3/h8-14,18H,7,15H2,1-6H3,(H,27,28,30)/b23-14-/t18-/m0/s1. The predicted octanol–water partition coefficient (Wildman–Crippen LogP) is 6.31. The molecule has 4 rings (SSSR count). The van der Waals surface area contributed by atoms with Crippen LogP contribution in [0.1, 0.15) is 62.3 Å². The Morgan fingerprint density at radius 1 is 1.23 bits per heavy atom. The van der Waals surface area contributed by atoms with Crippen LogP contribution >= 0.6 is 11.8 Å². The van der Waals surface area contributed by atoms with E-state index in [1.165, 1.54) is 28.6 Å². The molecular weight excluding hydrogens is 402 g/mol. The average Bonchev–Trinajstić information content (AvgIpc) is 3.03.